The molecule has 15 N–H and O–H groups in total. The van der Waals surface area contributed by atoms with Gasteiger partial charge in [-0.05, 0) is 0 Å². The summed E-state index contributed by atoms with van der Waals surface area (Å²) in [4.78, 5) is 36.6. The van der Waals surface area contributed by atoms with E-state index in [1.807, 2.05) is 0 Å². The van der Waals surface area contributed by atoms with Crippen LogP contribution in [0.4, 0.5) is 0 Å². The molecule has 4 fully saturated rings. The van der Waals surface area contributed by atoms with E-state index in [1.165, 1.54) is 0 Å². The minimum Gasteiger partial charge on any atom is -0.394 e. The van der Waals surface area contributed by atoms with E-state index in [0.717, 1.165) is 20.8 Å². The topological polar surface area (TPSA) is 424 Å². The zero-order chi connectivity index (χ0) is 43.4. The average Bonchev–Trinajstić information content (AvgIpc) is 3.14. The second-order valence-corrected chi connectivity index (χ2v) is 15.1. The molecule has 4 aliphatic rings. The van der Waals surface area contributed by atoms with Gasteiger partial charge in [0.1, 0.15) is 91.4 Å². The van der Waals surface area contributed by atoms with Crippen LogP contribution in [0.1, 0.15) is 20.8 Å². The molecule has 0 radical (unpaired) electrons. The summed E-state index contributed by atoms with van der Waals surface area (Å²) < 4.78 is 76.4. The molecule has 4 rings (SSSR count). The molecule has 20 atom stereocenters. The van der Waals surface area contributed by atoms with E-state index in [1.54, 1.807) is 0 Å². The zero-order valence-corrected chi connectivity index (χ0v) is 32.0. The summed E-state index contributed by atoms with van der Waals surface area (Å²) >= 11 is 0. The molecule has 58 heavy (non-hydrogen) atoms. The second kappa shape index (κ2) is 20.4. The van der Waals surface area contributed by atoms with Crippen LogP contribution >= 0.6 is 0 Å². The summed E-state index contributed by atoms with van der Waals surface area (Å²) in [5.41, 5.74) is 5.97. The largest absolute Gasteiger partial charge is 0.397 e. The Morgan fingerprint density at radius 1 is 0.569 bits per heavy atom. The Morgan fingerprint density at radius 2 is 0.948 bits per heavy atom. The van der Waals surface area contributed by atoms with Crippen molar-refractivity contribution in [3.8, 4) is 0 Å². The lowest BCUT2D eigenvalue weighted by Crippen LogP contribution is -2.71. The van der Waals surface area contributed by atoms with E-state index in [2.05, 4.69) is 20.1 Å². The highest BCUT2D eigenvalue weighted by Crippen LogP contribution is 2.34. The van der Waals surface area contributed by atoms with Crippen LogP contribution in [0.5, 0.6) is 0 Å². The van der Waals surface area contributed by atoms with Crippen LogP contribution in [0.2, 0.25) is 0 Å². The summed E-state index contributed by atoms with van der Waals surface area (Å²) in [6.07, 6.45) is -28.0. The lowest BCUT2D eigenvalue weighted by Gasteiger charge is -2.50. The molecule has 0 aromatic carbocycles. The fourth-order valence-corrected chi connectivity index (χ4v) is 7.26. The Hall–Kier alpha value is -2.40. The standard InChI is InChI=1S/C30H52N4O23S/c1-8(38)32-16-21(43)26(14(51-27(16)46)7-50-58(47,48)49)57-30-18(34-10(3)40)23(45)25(13(6-37)54-30)56-29-17(33-9(2)39)22(44)24(12(5-36)53-29)55-28-15(31)20(42)19(41)11(4-35)52-28/h11-30,35-37,41-46H,4-7,31H2,1-3H3,(H,32,38)(H,33,39)(H,34,40)(H,47,48,49)/t11-,12+,13-,14+,15+,16-,17-,18+,19-,20?,21?,22?,23?,24?,25-,26-,27?,28?,29+,30?/m1/s1. The maximum Gasteiger partial charge on any atom is 0.397 e. The van der Waals surface area contributed by atoms with E-state index in [-0.39, 0.29) is 0 Å². The van der Waals surface area contributed by atoms with Gasteiger partial charge in [-0.1, -0.05) is 0 Å². The van der Waals surface area contributed by atoms with Crippen LogP contribution in [0.25, 0.3) is 0 Å². The van der Waals surface area contributed by atoms with Gasteiger partial charge in [0.2, 0.25) is 17.7 Å². The molecule has 0 aliphatic carbocycles. The molecule has 0 aromatic rings. The van der Waals surface area contributed by atoms with Crippen molar-refractivity contribution in [2.75, 3.05) is 26.4 Å². The van der Waals surface area contributed by atoms with E-state index >= 15 is 0 Å². The first kappa shape index (κ1) is 48.3. The number of carbonyl (C=O) groups is 3. The minimum atomic E-state index is -5.13. The maximum absolute atomic E-state index is 12.4. The minimum absolute atomic E-state index is 0.757. The molecule has 0 saturated carbocycles. The molecule has 4 aliphatic heterocycles. The van der Waals surface area contributed by atoms with E-state index < -0.39 is 177 Å². The van der Waals surface area contributed by atoms with Crippen molar-refractivity contribution in [1.29, 1.82) is 0 Å². The summed E-state index contributed by atoms with van der Waals surface area (Å²) in [6.45, 7) is -0.659. The maximum atomic E-state index is 12.4. The number of carbonyl (C=O) groups excluding carboxylic acids is 3. The number of amides is 3. The van der Waals surface area contributed by atoms with Gasteiger partial charge < -0.3 is 101 Å². The van der Waals surface area contributed by atoms with Gasteiger partial charge in [-0.3, -0.25) is 18.9 Å². The van der Waals surface area contributed by atoms with Gasteiger partial charge in [0, 0.05) is 20.8 Å². The van der Waals surface area contributed by atoms with E-state index in [4.69, 9.17) is 43.4 Å². The number of rotatable bonds is 15. The van der Waals surface area contributed by atoms with Crippen molar-refractivity contribution in [2.24, 2.45) is 5.73 Å². The normalized spacial score (nSPS) is 43.6. The molecule has 28 heteroatoms. The molecule has 4 heterocycles. The number of ether oxygens (including phenoxy) is 7. The lowest BCUT2D eigenvalue weighted by molar-refractivity contribution is -0.361. The van der Waals surface area contributed by atoms with E-state index in [0.29, 0.717) is 0 Å². The first-order valence-electron chi connectivity index (χ1n) is 17.8. The third kappa shape index (κ3) is 11.5. The molecule has 0 spiro atoms. The smallest absolute Gasteiger partial charge is 0.394 e. The van der Waals surface area contributed by atoms with Crippen LogP contribution < -0.4 is 21.7 Å². The summed E-state index contributed by atoms with van der Waals surface area (Å²) in [7, 11) is -5.13. The predicted molar refractivity (Wildman–Crippen MR) is 181 cm³/mol. The fourth-order valence-electron chi connectivity index (χ4n) is 6.95. The van der Waals surface area contributed by atoms with Crippen molar-refractivity contribution in [2.45, 2.75) is 143 Å². The van der Waals surface area contributed by atoms with Crippen molar-refractivity contribution < 1.29 is 111 Å². The van der Waals surface area contributed by atoms with E-state index in [9.17, 15) is 68.8 Å². The van der Waals surface area contributed by atoms with Crippen LogP contribution in [0, 0.1) is 0 Å². The van der Waals surface area contributed by atoms with Gasteiger partial charge >= 0.3 is 10.4 Å². The van der Waals surface area contributed by atoms with Gasteiger partial charge in [-0.2, -0.15) is 8.42 Å². The molecule has 336 valence electrons. The van der Waals surface area contributed by atoms with Crippen molar-refractivity contribution in [3.05, 3.63) is 0 Å². The zero-order valence-electron chi connectivity index (χ0n) is 31.1. The molecule has 27 nitrogen and oxygen atoms in total. The average molecular weight is 869 g/mol. The SMILES string of the molecule is CC(=O)N[C@@H]1C(O[C@H]2C(O)[C@@H](NC(C)=O)C(O)O[C@H]2COS(=O)(=O)O)O[C@H](CO)[C@@H](O[C@@H]2O[C@@H](CO)C(OC3O[C@H](CO)[C@@H](O)C(O)[C@@H]3N)C(O)[C@H]2NC(C)=O)C1O. The third-order valence-electron chi connectivity index (χ3n) is 9.69. The fraction of sp³-hybridized carbons (Fsp3) is 0.900. The lowest BCUT2D eigenvalue weighted by atomic mass is 9.93. The number of nitrogens with one attached hydrogen (secondary N) is 3. The number of nitrogens with two attached hydrogens (primary N) is 1. The first-order valence-corrected chi connectivity index (χ1v) is 19.2. The molecule has 0 aromatic heterocycles. The number of hydrogen-bond acceptors (Lipinski definition) is 23. The number of hydrogen-bond donors (Lipinski definition) is 14. The summed E-state index contributed by atoms with van der Waals surface area (Å²) in [5.74, 6) is -2.34. The Kier molecular flexibility index (Phi) is 17.0. The highest BCUT2D eigenvalue weighted by Gasteiger charge is 2.56. The molecular formula is C30H52N4O23S. The highest BCUT2D eigenvalue weighted by molar-refractivity contribution is 7.80. The monoisotopic (exact) mass is 868 g/mol. The molecule has 4 saturated heterocycles. The van der Waals surface area contributed by atoms with Gasteiger partial charge in [0.15, 0.2) is 25.2 Å². The second-order valence-electron chi connectivity index (χ2n) is 14.0. The number of aliphatic hydroxyl groups excluding tert-OH is 9. The Balaban J connectivity index is 1.62. The molecule has 0 bridgehead atoms. The molecular weight excluding hydrogens is 816 g/mol. The van der Waals surface area contributed by atoms with Gasteiger partial charge in [-0.15, -0.1) is 0 Å². The molecule has 8 unspecified atom stereocenters. The van der Waals surface area contributed by atoms with Crippen molar-refractivity contribution >= 4 is 28.1 Å². The number of aliphatic hydroxyl groups is 9. The summed E-state index contributed by atoms with van der Waals surface area (Å²) in [5, 5.41) is 103. The van der Waals surface area contributed by atoms with Crippen LogP contribution in [0.15, 0.2) is 0 Å². The van der Waals surface area contributed by atoms with Crippen LogP contribution in [-0.2, 0) is 62.1 Å². The third-order valence-corrected chi connectivity index (χ3v) is 10.1. The van der Waals surface area contributed by atoms with Gasteiger partial charge in [0.05, 0.1) is 32.5 Å². The summed E-state index contributed by atoms with van der Waals surface area (Å²) in [6, 6.07) is -6.41. The van der Waals surface area contributed by atoms with Crippen molar-refractivity contribution in [1.82, 2.24) is 16.0 Å². The van der Waals surface area contributed by atoms with Crippen LogP contribution in [-0.4, -0.2) is 226 Å². The first-order chi connectivity index (χ1) is 27.1. The Bertz CT molecular complexity index is 1500. The Labute approximate surface area is 330 Å². The highest BCUT2D eigenvalue weighted by atomic mass is 32.3. The van der Waals surface area contributed by atoms with Gasteiger partial charge in [-0.25, -0.2) is 4.18 Å². The van der Waals surface area contributed by atoms with Crippen LogP contribution in [0.3, 0.4) is 0 Å². The quantitative estimate of drug-likeness (QED) is 0.0680. The van der Waals surface area contributed by atoms with Gasteiger partial charge in [0.25, 0.3) is 0 Å². The molecule has 3 amide bonds. The Morgan fingerprint density at radius 3 is 1.36 bits per heavy atom. The predicted octanol–water partition coefficient (Wildman–Crippen LogP) is -9.52. The van der Waals surface area contributed by atoms with Crippen molar-refractivity contribution in [3.63, 3.8) is 0 Å².